The van der Waals surface area contributed by atoms with E-state index in [9.17, 15) is 0 Å². The smallest absolute Gasteiger partial charge is 0.0750 e. The minimum absolute atomic E-state index is 0.349. The van der Waals surface area contributed by atoms with Gasteiger partial charge >= 0.3 is 0 Å². The van der Waals surface area contributed by atoms with Crippen LogP contribution < -0.4 is 4.90 Å². The van der Waals surface area contributed by atoms with Gasteiger partial charge in [-0.25, -0.2) is 0 Å². The Morgan fingerprint density at radius 3 is 3.22 bits per heavy atom. The molecular formula is C14H21ClN2O. The van der Waals surface area contributed by atoms with Gasteiger partial charge in [0.15, 0.2) is 0 Å². The highest BCUT2D eigenvalue weighted by molar-refractivity contribution is 6.17. The van der Waals surface area contributed by atoms with Crippen molar-refractivity contribution in [3.8, 4) is 0 Å². The quantitative estimate of drug-likeness (QED) is 0.767. The maximum absolute atomic E-state index is 5.99. The summed E-state index contributed by atoms with van der Waals surface area (Å²) >= 11 is 5.99. The third kappa shape index (κ3) is 3.36. The van der Waals surface area contributed by atoms with Crippen molar-refractivity contribution < 1.29 is 4.74 Å². The first-order chi connectivity index (χ1) is 8.85. The number of halogens is 1. The minimum Gasteiger partial charge on any atom is -0.376 e. The molecule has 0 amide bonds. The zero-order chi connectivity index (χ0) is 12.8. The van der Waals surface area contributed by atoms with Crippen LogP contribution >= 0.6 is 11.6 Å². The summed E-state index contributed by atoms with van der Waals surface area (Å²) in [6.45, 7) is 5.03. The van der Waals surface area contributed by atoms with Crippen molar-refractivity contribution in [1.82, 2.24) is 4.98 Å². The van der Waals surface area contributed by atoms with Crippen molar-refractivity contribution in [2.45, 2.75) is 38.2 Å². The number of hydrogen-bond donors (Lipinski definition) is 0. The second-order valence-electron chi connectivity index (χ2n) is 4.72. The molecule has 1 atom stereocenters. The number of ether oxygens (including phenoxy) is 1. The van der Waals surface area contributed by atoms with Crippen molar-refractivity contribution in [2.75, 3.05) is 24.6 Å². The normalized spacial score (nSPS) is 20.1. The average Bonchev–Trinajstić information content (AvgIpc) is 2.45. The molecule has 1 unspecified atom stereocenters. The summed E-state index contributed by atoms with van der Waals surface area (Å²) in [6.07, 6.45) is 7.48. The van der Waals surface area contributed by atoms with Gasteiger partial charge in [0.05, 0.1) is 18.0 Å². The molecule has 1 fully saturated rings. The number of rotatable bonds is 5. The Balaban J connectivity index is 2.03. The van der Waals surface area contributed by atoms with Gasteiger partial charge in [0.2, 0.25) is 0 Å². The van der Waals surface area contributed by atoms with Gasteiger partial charge in [0.25, 0.3) is 0 Å². The topological polar surface area (TPSA) is 25.4 Å². The van der Waals surface area contributed by atoms with Gasteiger partial charge in [-0.05, 0) is 30.9 Å². The van der Waals surface area contributed by atoms with Crippen LogP contribution in [0.1, 0.15) is 31.7 Å². The molecule has 1 aromatic rings. The summed E-state index contributed by atoms with van der Waals surface area (Å²) in [5, 5.41) is 0. The maximum Gasteiger partial charge on any atom is 0.0750 e. The molecule has 18 heavy (non-hydrogen) atoms. The Morgan fingerprint density at radius 1 is 1.56 bits per heavy atom. The number of aromatic nitrogens is 1. The summed E-state index contributed by atoms with van der Waals surface area (Å²) in [6, 6.07) is 2.00. The first-order valence-corrected chi connectivity index (χ1v) is 7.24. The Morgan fingerprint density at radius 2 is 2.44 bits per heavy atom. The SMILES string of the molecule is CCCOC1CCCN(c2cnccc2CCl)C1. The van der Waals surface area contributed by atoms with Crippen LogP contribution in [0.15, 0.2) is 18.5 Å². The molecule has 0 spiro atoms. The standard InChI is InChI=1S/C14H21ClN2O/c1-2-8-18-13-4-3-7-17(11-13)14-10-16-6-5-12(14)9-15/h5-6,10,13H,2-4,7-9,11H2,1H3. The van der Waals surface area contributed by atoms with Crippen LogP contribution in [-0.4, -0.2) is 30.8 Å². The van der Waals surface area contributed by atoms with E-state index in [4.69, 9.17) is 16.3 Å². The summed E-state index contributed by atoms with van der Waals surface area (Å²) in [7, 11) is 0. The second-order valence-corrected chi connectivity index (χ2v) is 4.99. The maximum atomic E-state index is 5.99. The zero-order valence-corrected chi connectivity index (χ0v) is 11.7. The van der Waals surface area contributed by atoms with Gasteiger partial charge in [-0.15, -0.1) is 11.6 Å². The Hall–Kier alpha value is -0.800. The van der Waals surface area contributed by atoms with Crippen LogP contribution in [-0.2, 0) is 10.6 Å². The molecule has 0 aromatic carbocycles. The molecule has 2 rings (SSSR count). The van der Waals surface area contributed by atoms with Crippen molar-refractivity contribution >= 4 is 17.3 Å². The molecule has 0 aliphatic carbocycles. The Kier molecular flexibility index (Phi) is 5.26. The van der Waals surface area contributed by atoms with Gasteiger partial charge in [-0.1, -0.05) is 6.92 Å². The van der Waals surface area contributed by atoms with Crippen LogP contribution in [0.25, 0.3) is 0 Å². The summed E-state index contributed by atoms with van der Waals surface area (Å²) in [5.41, 5.74) is 2.32. The fourth-order valence-corrected chi connectivity index (χ4v) is 2.62. The minimum atomic E-state index is 0.349. The van der Waals surface area contributed by atoms with Gasteiger partial charge < -0.3 is 9.64 Å². The first kappa shape index (κ1) is 13.6. The molecule has 0 bridgehead atoms. The van der Waals surface area contributed by atoms with Crippen LogP contribution in [0.2, 0.25) is 0 Å². The number of hydrogen-bond acceptors (Lipinski definition) is 3. The molecular weight excluding hydrogens is 248 g/mol. The second kappa shape index (κ2) is 6.95. The molecule has 2 heterocycles. The van der Waals surface area contributed by atoms with Gasteiger partial charge in [-0.2, -0.15) is 0 Å². The van der Waals surface area contributed by atoms with E-state index in [1.165, 1.54) is 6.42 Å². The lowest BCUT2D eigenvalue weighted by molar-refractivity contribution is 0.0440. The summed E-state index contributed by atoms with van der Waals surface area (Å²) < 4.78 is 5.86. The summed E-state index contributed by atoms with van der Waals surface area (Å²) in [5.74, 6) is 0.537. The molecule has 1 aromatic heterocycles. The molecule has 100 valence electrons. The molecule has 1 aliphatic heterocycles. The lowest BCUT2D eigenvalue weighted by Gasteiger charge is -2.35. The summed E-state index contributed by atoms with van der Waals surface area (Å²) in [4.78, 5) is 6.57. The predicted molar refractivity (Wildman–Crippen MR) is 75.3 cm³/mol. The van der Waals surface area contributed by atoms with E-state index >= 15 is 0 Å². The van der Waals surface area contributed by atoms with E-state index in [-0.39, 0.29) is 0 Å². The van der Waals surface area contributed by atoms with Crippen LogP contribution in [0.5, 0.6) is 0 Å². The lowest BCUT2D eigenvalue weighted by atomic mass is 10.1. The van der Waals surface area contributed by atoms with E-state index in [1.54, 1.807) is 6.20 Å². The van der Waals surface area contributed by atoms with Gasteiger partial charge in [-0.3, -0.25) is 4.98 Å². The molecule has 1 aliphatic rings. The first-order valence-electron chi connectivity index (χ1n) is 6.70. The number of anilines is 1. The van der Waals surface area contributed by atoms with Crippen LogP contribution in [0.3, 0.4) is 0 Å². The van der Waals surface area contributed by atoms with Gasteiger partial charge in [0, 0.05) is 31.8 Å². The van der Waals surface area contributed by atoms with E-state index in [0.717, 1.165) is 43.8 Å². The largest absolute Gasteiger partial charge is 0.376 e. The highest BCUT2D eigenvalue weighted by Crippen LogP contribution is 2.25. The van der Waals surface area contributed by atoms with Crippen LogP contribution in [0, 0.1) is 0 Å². The fourth-order valence-electron chi connectivity index (χ4n) is 2.39. The highest BCUT2D eigenvalue weighted by Gasteiger charge is 2.21. The number of piperidine rings is 1. The fraction of sp³-hybridized carbons (Fsp3) is 0.643. The third-order valence-corrected chi connectivity index (χ3v) is 3.60. The van der Waals surface area contributed by atoms with Crippen molar-refractivity contribution in [2.24, 2.45) is 0 Å². The Labute approximate surface area is 114 Å². The van der Waals surface area contributed by atoms with E-state index in [0.29, 0.717) is 12.0 Å². The highest BCUT2D eigenvalue weighted by atomic mass is 35.5. The molecule has 3 nitrogen and oxygen atoms in total. The molecule has 0 N–H and O–H groups in total. The van der Waals surface area contributed by atoms with Crippen molar-refractivity contribution in [3.05, 3.63) is 24.0 Å². The molecule has 1 saturated heterocycles. The zero-order valence-electron chi connectivity index (χ0n) is 10.9. The van der Waals surface area contributed by atoms with Crippen molar-refractivity contribution in [1.29, 1.82) is 0 Å². The molecule has 0 radical (unpaired) electrons. The monoisotopic (exact) mass is 268 g/mol. The van der Waals surface area contributed by atoms with E-state index < -0.39 is 0 Å². The predicted octanol–water partition coefficient (Wildman–Crippen LogP) is 3.22. The van der Waals surface area contributed by atoms with Crippen LogP contribution in [0.4, 0.5) is 5.69 Å². The average molecular weight is 269 g/mol. The number of nitrogens with zero attached hydrogens (tertiary/aromatic N) is 2. The number of alkyl halides is 1. The van der Waals surface area contributed by atoms with Gasteiger partial charge in [0.1, 0.15) is 0 Å². The Bertz CT molecular complexity index is 373. The molecule has 0 saturated carbocycles. The van der Waals surface area contributed by atoms with E-state index in [1.807, 2.05) is 12.3 Å². The lowest BCUT2D eigenvalue weighted by Crippen LogP contribution is -2.40. The molecule has 4 heteroatoms. The van der Waals surface area contributed by atoms with Crippen molar-refractivity contribution in [3.63, 3.8) is 0 Å². The van der Waals surface area contributed by atoms with E-state index in [2.05, 4.69) is 16.8 Å². The number of pyridine rings is 1. The third-order valence-electron chi connectivity index (χ3n) is 3.31.